The van der Waals surface area contributed by atoms with Crippen LogP contribution < -0.4 is 5.32 Å². The number of aromatic nitrogens is 2. The summed E-state index contributed by atoms with van der Waals surface area (Å²) < 4.78 is 5.47. The van der Waals surface area contributed by atoms with Crippen LogP contribution in [0.2, 0.25) is 0 Å². The van der Waals surface area contributed by atoms with Crippen LogP contribution in [0.25, 0.3) is 11.4 Å². The number of hydrogen-bond donors (Lipinski definition) is 1. The highest BCUT2D eigenvalue weighted by molar-refractivity contribution is 5.78. The Kier molecular flexibility index (Phi) is 7.70. The normalized spacial score (nSPS) is 18.9. The van der Waals surface area contributed by atoms with E-state index in [0.29, 0.717) is 18.3 Å². The van der Waals surface area contributed by atoms with Crippen molar-refractivity contribution in [1.82, 2.24) is 25.3 Å². The van der Waals surface area contributed by atoms with Crippen molar-refractivity contribution in [3.8, 4) is 11.4 Å². The maximum atomic E-state index is 12.5. The molecule has 0 spiro atoms. The summed E-state index contributed by atoms with van der Waals surface area (Å²) in [4.78, 5) is 21.9. The average molecular weight is 426 g/mol. The zero-order valence-electron chi connectivity index (χ0n) is 18.7. The minimum Gasteiger partial charge on any atom is -0.356 e. The molecule has 2 aromatic rings. The van der Waals surface area contributed by atoms with Crippen LogP contribution in [-0.2, 0) is 11.3 Å². The first kappa shape index (κ1) is 22.0. The van der Waals surface area contributed by atoms with Gasteiger partial charge in [-0.3, -0.25) is 9.69 Å². The van der Waals surface area contributed by atoms with Crippen LogP contribution in [0.5, 0.6) is 0 Å². The number of aryl methyl sites for hydroxylation is 1. The van der Waals surface area contributed by atoms with Crippen LogP contribution in [0.3, 0.4) is 0 Å². The fourth-order valence-electron chi connectivity index (χ4n) is 4.61. The summed E-state index contributed by atoms with van der Waals surface area (Å²) in [6.07, 6.45) is 6.83. The van der Waals surface area contributed by atoms with Crippen molar-refractivity contribution in [3.05, 3.63) is 35.7 Å². The predicted molar refractivity (Wildman–Crippen MR) is 120 cm³/mol. The van der Waals surface area contributed by atoms with Gasteiger partial charge in [-0.1, -0.05) is 35.3 Å². The Labute approximate surface area is 185 Å². The lowest BCUT2D eigenvalue weighted by Crippen LogP contribution is -2.41. The van der Waals surface area contributed by atoms with E-state index >= 15 is 0 Å². The van der Waals surface area contributed by atoms with E-state index in [1.54, 1.807) is 0 Å². The second-order valence-corrected chi connectivity index (χ2v) is 8.98. The minimum absolute atomic E-state index is 0.122. The molecule has 2 aliphatic heterocycles. The molecule has 0 saturated carbocycles. The first-order chi connectivity index (χ1) is 15.2. The Morgan fingerprint density at radius 3 is 2.71 bits per heavy atom. The van der Waals surface area contributed by atoms with E-state index < -0.39 is 0 Å². The fourth-order valence-corrected chi connectivity index (χ4v) is 4.61. The molecule has 2 saturated heterocycles. The quantitative estimate of drug-likeness (QED) is 0.655. The molecule has 7 nitrogen and oxygen atoms in total. The standard InChI is InChI=1S/C24H35N5O2/c1-19-7-5-8-21(17-19)23-26-22(31-27-23)18-29-15-9-20(10-16-29)24(30)25-11-6-14-28-12-3-2-4-13-28/h5,7-8,17,20H,2-4,6,9-16,18H2,1H3,(H,25,30). The van der Waals surface area contributed by atoms with Gasteiger partial charge >= 0.3 is 0 Å². The third-order valence-corrected chi connectivity index (χ3v) is 6.46. The van der Waals surface area contributed by atoms with Crippen molar-refractivity contribution in [2.24, 2.45) is 5.92 Å². The SMILES string of the molecule is Cc1cccc(-c2noc(CN3CCC(C(=O)NCCCN4CCCCC4)CC3)n2)c1. The molecule has 1 aromatic heterocycles. The summed E-state index contributed by atoms with van der Waals surface area (Å²) in [7, 11) is 0. The van der Waals surface area contributed by atoms with Crippen molar-refractivity contribution in [1.29, 1.82) is 0 Å². The Hall–Kier alpha value is -2.25. The highest BCUT2D eigenvalue weighted by Crippen LogP contribution is 2.21. The van der Waals surface area contributed by atoms with Crippen LogP contribution in [0.1, 0.15) is 50.0 Å². The number of benzene rings is 1. The zero-order chi connectivity index (χ0) is 21.5. The number of nitrogens with zero attached hydrogens (tertiary/aromatic N) is 4. The molecule has 0 aliphatic carbocycles. The van der Waals surface area contributed by atoms with E-state index in [1.807, 2.05) is 12.1 Å². The van der Waals surface area contributed by atoms with Gasteiger partial charge in [0.25, 0.3) is 0 Å². The molecule has 168 valence electrons. The van der Waals surface area contributed by atoms with Crippen molar-refractivity contribution in [2.75, 3.05) is 39.3 Å². The van der Waals surface area contributed by atoms with Gasteiger partial charge in [-0.05, 0) is 77.8 Å². The van der Waals surface area contributed by atoms with Crippen LogP contribution in [-0.4, -0.2) is 65.1 Å². The third-order valence-electron chi connectivity index (χ3n) is 6.46. The van der Waals surface area contributed by atoms with E-state index in [1.165, 1.54) is 37.9 Å². The predicted octanol–water partition coefficient (Wildman–Crippen LogP) is 3.25. The monoisotopic (exact) mass is 425 g/mol. The topological polar surface area (TPSA) is 74.5 Å². The van der Waals surface area contributed by atoms with E-state index in [2.05, 4.69) is 44.3 Å². The molecule has 0 unspecified atom stereocenters. The van der Waals surface area contributed by atoms with Gasteiger partial charge in [-0.25, -0.2) is 0 Å². The van der Waals surface area contributed by atoms with Gasteiger partial charge in [0.2, 0.25) is 17.6 Å². The molecular weight excluding hydrogens is 390 g/mol. The Morgan fingerprint density at radius 2 is 1.94 bits per heavy atom. The maximum Gasteiger partial charge on any atom is 0.241 e. The molecule has 3 heterocycles. The number of amides is 1. The number of piperidine rings is 2. The van der Waals surface area contributed by atoms with E-state index in [9.17, 15) is 4.79 Å². The van der Waals surface area contributed by atoms with E-state index in [4.69, 9.17) is 4.52 Å². The molecule has 2 aliphatic rings. The van der Waals surface area contributed by atoms with Gasteiger partial charge in [0.15, 0.2) is 0 Å². The number of rotatable bonds is 8. The van der Waals surface area contributed by atoms with Gasteiger partial charge in [0.05, 0.1) is 6.54 Å². The highest BCUT2D eigenvalue weighted by Gasteiger charge is 2.26. The van der Waals surface area contributed by atoms with Gasteiger partial charge in [0.1, 0.15) is 0 Å². The summed E-state index contributed by atoms with van der Waals surface area (Å²) in [6.45, 7) is 8.80. The maximum absolute atomic E-state index is 12.5. The van der Waals surface area contributed by atoms with Crippen LogP contribution in [0.15, 0.2) is 28.8 Å². The number of hydrogen-bond acceptors (Lipinski definition) is 6. The molecule has 1 N–H and O–H groups in total. The van der Waals surface area contributed by atoms with Crippen molar-refractivity contribution in [2.45, 2.75) is 52.0 Å². The summed E-state index contributed by atoms with van der Waals surface area (Å²) in [5.74, 6) is 1.62. The highest BCUT2D eigenvalue weighted by atomic mass is 16.5. The van der Waals surface area contributed by atoms with Gasteiger partial charge in [0, 0.05) is 18.0 Å². The molecule has 0 radical (unpaired) electrons. The lowest BCUT2D eigenvalue weighted by atomic mass is 9.96. The molecular formula is C24H35N5O2. The van der Waals surface area contributed by atoms with E-state index in [-0.39, 0.29) is 11.8 Å². The summed E-state index contributed by atoms with van der Waals surface area (Å²) >= 11 is 0. The number of nitrogens with one attached hydrogen (secondary N) is 1. The second-order valence-electron chi connectivity index (χ2n) is 8.98. The number of likely N-dealkylation sites (tertiary alicyclic amines) is 2. The molecule has 31 heavy (non-hydrogen) atoms. The lowest BCUT2D eigenvalue weighted by Gasteiger charge is -2.30. The summed E-state index contributed by atoms with van der Waals surface area (Å²) in [5, 5.41) is 7.29. The molecule has 2 fully saturated rings. The van der Waals surface area contributed by atoms with Crippen molar-refractivity contribution >= 4 is 5.91 Å². The first-order valence-corrected chi connectivity index (χ1v) is 11.8. The fraction of sp³-hybridized carbons (Fsp3) is 0.625. The van der Waals surface area contributed by atoms with Gasteiger partial charge in [-0.2, -0.15) is 4.98 Å². The molecule has 4 rings (SSSR count). The molecule has 1 amide bonds. The van der Waals surface area contributed by atoms with Gasteiger partial charge in [-0.15, -0.1) is 0 Å². The summed E-state index contributed by atoms with van der Waals surface area (Å²) in [6, 6.07) is 8.12. The Bertz CT molecular complexity index is 838. The lowest BCUT2D eigenvalue weighted by molar-refractivity contribution is -0.126. The number of carbonyl (C=O) groups excluding carboxylic acids is 1. The largest absolute Gasteiger partial charge is 0.356 e. The molecule has 7 heteroatoms. The first-order valence-electron chi connectivity index (χ1n) is 11.8. The average Bonchev–Trinajstić information content (AvgIpc) is 3.26. The van der Waals surface area contributed by atoms with Crippen LogP contribution >= 0.6 is 0 Å². The Morgan fingerprint density at radius 1 is 1.13 bits per heavy atom. The van der Waals surface area contributed by atoms with Crippen molar-refractivity contribution < 1.29 is 9.32 Å². The number of carbonyl (C=O) groups is 1. The summed E-state index contributed by atoms with van der Waals surface area (Å²) in [5.41, 5.74) is 2.15. The van der Waals surface area contributed by atoms with Crippen molar-refractivity contribution in [3.63, 3.8) is 0 Å². The zero-order valence-corrected chi connectivity index (χ0v) is 18.7. The van der Waals surface area contributed by atoms with E-state index in [0.717, 1.165) is 51.0 Å². The van der Waals surface area contributed by atoms with Gasteiger partial charge < -0.3 is 14.7 Å². The third kappa shape index (κ3) is 6.37. The van der Waals surface area contributed by atoms with Crippen LogP contribution in [0, 0.1) is 12.8 Å². The molecule has 1 aromatic carbocycles. The Balaban J connectivity index is 1.15. The minimum atomic E-state index is 0.122. The molecule has 0 bridgehead atoms. The second kappa shape index (κ2) is 10.9. The smallest absolute Gasteiger partial charge is 0.241 e. The van der Waals surface area contributed by atoms with Crippen LogP contribution in [0.4, 0.5) is 0 Å². The molecule has 0 atom stereocenters.